The summed E-state index contributed by atoms with van der Waals surface area (Å²) in [4.78, 5) is 8.43. The summed E-state index contributed by atoms with van der Waals surface area (Å²) in [6.45, 7) is 0. The van der Waals surface area contributed by atoms with E-state index in [0.717, 1.165) is 16.3 Å². The summed E-state index contributed by atoms with van der Waals surface area (Å²) in [6, 6.07) is 19.5. The first-order chi connectivity index (χ1) is 12.2. The number of fused-ring (bicyclic) bond motifs is 1. The third kappa shape index (κ3) is 2.99. The second-order valence-corrected chi connectivity index (χ2v) is 5.47. The first kappa shape index (κ1) is 15.1. The average Bonchev–Trinajstić information content (AvgIpc) is 3.00. The van der Waals surface area contributed by atoms with Crippen LogP contribution in [0.1, 0.15) is 5.69 Å². The van der Waals surface area contributed by atoms with Gasteiger partial charge in [-0.3, -0.25) is 4.99 Å². The summed E-state index contributed by atoms with van der Waals surface area (Å²) in [5.74, 6) is -0.409. The summed E-state index contributed by atoms with van der Waals surface area (Å²) in [6.07, 6.45) is 1.35. The number of rotatable bonds is 3. The Hall–Kier alpha value is -3.47. The van der Waals surface area contributed by atoms with Gasteiger partial charge in [0.05, 0.1) is 11.9 Å². The third-order valence-corrected chi connectivity index (χ3v) is 3.80. The van der Waals surface area contributed by atoms with E-state index in [1.54, 1.807) is 12.1 Å². The zero-order valence-electron chi connectivity index (χ0n) is 13.1. The largest absolute Gasteiger partial charge is 0.479 e. The molecule has 1 N–H and O–H groups in total. The van der Waals surface area contributed by atoms with E-state index in [1.165, 1.54) is 18.3 Å². The Labute approximate surface area is 142 Å². The number of aliphatic imine (C=N–C) groups is 1. The summed E-state index contributed by atoms with van der Waals surface area (Å²) in [5.41, 5.74) is 1.39. The Morgan fingerprint density at radius 3 is 2.68 bits per heavy atom. The highest BCUT2D eigenvalue weighted by Gasteiger charge is 2.14. The molecule has 4 nitrogen and oxygen atoms in total. The number of aromatic nitrogens is 1. The molecule has 0 aliphatic rings. The normalized spacial score (nSPS) is 11.4. The van der Waals surface area contributed by atoms with Gasteiger partial charge in [-0.15, -0.1) is 0 Å². The maximum absolute atomic E-state index is 13.2. The number of aromatic hydroxyl groups is 1. The third-order valence-electron chi connectivity index (χ3n) is 3.80. The predicted octanol–water partition coefficient (Wildman–Crippen LogP) is 5.09. The smallest absolute Gasteiger partial charge is 0.312 e. The van der Waals surface area contributed by atoms with Crippen molar-refractivity contribution < 1.29 is 13.9 Å². The molecule has 0 amide bonds. The molecular weight excluding hydrogens is 319 g/mol. The first-order valence-electron chi connectivity index (χ1n) is 7.68. The maximum atomic E-state index is 13.2. The maximum Gasteiger partial charge on any atom is 0.312 e. The monoisotopic (exact) mass is 332 g/mol. The molecule has 1 aromatic heterocycles. The van der Waals surface area contributed by atoms with Crippen molar-refractivity contribution in [1.82, 2.24) is 4.98 Å². The molecule has 0 saturated heterocycles. The lowest BCUT2D eigenvalue weighted by Gasteiger charge is -2.01. The van der Waals surface area contributed by atoms with Gasteiger partial charge >= 0.3 is 5.95 Å². The number of hydrogen-bond acceptors (Lipinski definition) is 4. The van der Waals surface area contributed by atoms with Gasteiger partial charge in [-0.2, -0.15) is 0 Å². The van der Waals surface area contributed by atoms with Gasteiger partial charge in [-0.05, 0) is 35.0 Å². The zero-order chi connectivity index (χ0) is 17.2. The molecule has 4 aromatic rings. The van der Waals surface area contributed by atoms with Gasteiger partial charge < -0.3 is 9.52 Å². The lowest BCUT2D eigenvalue weighted by molar-refractivity contribution is 0.337. The Morgan fingerprint density at radius 1 is 1.00 bits per heavy atom. The fourth-order valence-corrected chi connectivity index (χ4v) is 2.63. The van der Waals surface area contributed by atoms with E-state index >= 15 is 0 Å². The lowest BCUT2D eigenvalue weighted by atomic mass is 10.0. The molecule has 0 aliphatic heterocycles. The molecule has 122 valence electrons. The number of hydrogen-bond donors (Lipinski definition) is 1. The SMILES string of the molecule is Oc1oc(-c2cccc3ccccc23)nc1C=Nc1cccc(F)c1. The lowest BCUT2D eigenvalue weighted by Crippen LogP contribution is -1.84. The van der Waals surface area contributed by atoms with Gasteiger partial charge in [-0.25, -0.2) is 9.37 Å². The van der Waals surface area contributed by atoms with Crippen molar-refractivity contribution in [2.45, 2.75) is 0 Å². The standard InChI is InChI=1S/C20H13FN2O2/c21-14-7-4-8-15(11-14)22-12-18-20(24)25-19(23-18)17-10-3-6-13-5-1-2-9-16(13)17/h1-12,24H. The van der Waals surface area contributed by atoms with Crippen LogP contribution in [0.15, 0.2) is 76.1 Å². The highest BCUT2D eigenvalue weighted by molar-refractivity contribution is 5.95. The minimum Gasteiger partial charge on any atom is -0.479 e. The van der Waals surface area contributed by atoms with Crippen LogP contribution in [0.3, 0.4) is 0 Å². The van der Waals surface area contributed by atoms with E-state index in [9.17, 15) is 9.50 Å². The van der Waals surface area contributed by atoms with E-state index in [1.807, 2.05) is 42.5 Å². The Bertz CT molecular complexity index is 1080. The van der Waals surface area contributed by atoms with Crippen molar-refractivity contribution in [3.8, 4) is 17.4 Å². The predicted molar refractivity (Wildman–Crippen MR) is 94.8 cm³/mol. The van der Waals surface area contributed by atoms with Crippen molar-refractivity contribution >= 4 is 22.7 Å². The molecule has 0 fully saturated rings. The Kier molecular flexibility index (Phi) is 3.74. The molecule has 0 saturated carbocycles. The molecular formula is C20H13FN2O2. The molecule has 25 heavy (non-hydrogen) atoms. The van der Waals surface area contributed by atoms with Crippen LogP contribution < -0.4 is 0 Å². The molecule has 1 heterocycles. The zero-order valence-corrected chi connectivity index (χ0v) is 13.1. The topological polar surface area (TPSA) is 58.6 Å². The van der Waals surface area contributed by atoms with Gasteiger partial charge in [0, 0.05) is 5.56 Å². The Balaban J connectivity index is 1.73. The van der Waals surface area contributed by atoms with Crippen LogP contribution in [0, 0.1) is 5.82 Å². The molecule has 0 bridgehead atoms. The van der Waals surface area contributed by atoms with Crippen molar-refractivity contribution in [2.75, 3.05) is 0 Å². The van der Waals surface area contributed by atoms with E-state index in [2.05, 4.69) is 9.98 Å². The second kappa shape index (κ2) is 6.20. The number of halogens is 1. The molecule has 0 unspecified atom stereocenters. The van der Waals surface area contributed by atoms with E-state index in [0.29, 0.717) is 11.6 Å². The van der Waals surface area contributed by atoms with Crippen LogP contribution in [-0.4, -0.2) is 16.3 Å². The highest BCUT2D eigenvalue weighted by Crippen LogP contribution is 2.31. The van der Waals surface area contributed by atoms with Crippen LogP contribution >= 0.6 is 0 Å². The van der Waals surface area contributed by atoms with Gasteiger partial charge in [0.25, 0.3) is 0 Å². The fraction of sp³-hybridized carbons (Fsp3) is 0. The summed E-state index contributed by atoms with van der Waals surface area (Å²) in [5, 5.41) is 12.0. The quantitative estimate of drug-likeness (QED) is 0.532. The van der Waals surface area contributed by atoms with Gasteiger partial charge in [0.15, 0.2) is 5.69 Å². The van der Waals surface area contributed by atoms with Crippen molar-refractivity contribution in [2.24, 2.45) is 4.99 Å². The molecule has 0 aliphatic carbocycles. The van der Waals surface area contributed by atoms with Crippen LogP contribution in [-0.2, 0) is 0 Å². The van der Waals surface area contributed by atoms with E-state index in [4.69, 9.17) is 4.42 Å². The van der Waals surface area contributed by atoms with Crippen LogP contribution in [0.2, 0.25) is 0 Å². The summed E-state index contributed by atoms with van der Waals surface area (Å²) < 4.78 is 18.6. The fourth-order valence-electron chi connectivity index (χ4n) is 2.63. The Morgan fingerprint density at radius 2 is 1.80 bits per heavy atom. The van der Waals surface area contributed by atoms with Crippen LogP contribution in [0.5, 0.6) is 5.95 Å². The molecule has 3 aromatic carbocycles. The number of benzene rings is 3. The van der Waals surface area contributed by atoms with Crippen molar-refractivity contribution in [3.05, 3.63) is 78.2 Å². The minimum atomic E-state index is -0.379. The average molecular weight is 332 g/mol. The van der Waals surface area contributed by atoms with E-state index < -0.39 is 0 Å². The van der Waals surface area contributed by atoms with Crippen molar-refractivity contribution in [1.29, 1.82) is 0 Å². The molecule has 0 radical (unpaired) electrons. The highest BCUT2D eigenvalue weighted by atomic mass is 19.1. The number of oxazole rings is 1. The van der Waals surface area contributed by atoms with Gasteiger partial charge in [-0.1, -0.05) is 42.5 Å². The molecule has 0 spiro atoms. The summed E-state index contributed by atoms with van der Waals surface area (Å²) >= 11 is 0. The first-order valence-corrected chi connectivity index (χ1v) is 7.68. The van der Waals surface area contributed by atoms with Gasteiger partial charge in [0.1, 0.15) is 5.82 Å². The minimum absolute atomic E-state index is 0.187. The van der Waals surface area contributed by atoms with Crippen LogP contribution in [0.25, 0.3) is 22.2 Å². The molecule has 4 rings (SSSR count). The molecule has 0 atom stereocenters. The van der Waals surface area contributed by atoms with Gasteiger partial charge in [0.2, 0.25) is 5.89 Å². The van der Waals surface area contributed by atoms with Crippen LogP contribution in [0.4, 0.5) is 10.1 Å². The molecule has 5 heteroatoms. The summed E-state index contributed by atoms with van der Waals surface area (Å²) in [7, 11) is 0. The number of nitrogens with zero attached hydrogens (tertiary/aromatic N) is 2. The second-order valence-electron chi connectivity index (χ2n) is 5.47. The van der Waals surface area contributed by atoms with E-state index in [-0.39, 0.29) is 17.5 Å². The van der Waals surface area contributed by atoms with Crippen molar-refractivity contribution in [3.63, 3.8) is 0 Å².